The van der Waals surface area contributed by atoms with Crippen molar-refractivity contribution in [3.63, 3.8) is 0 Å². The molecule has 0 aliphatic carbocycles. The molecular weight excluding hydrogens is 202 g/mol. The molecule has 2 aromatic heterocycles. The van der Waals surface area contributed by atoms with Crippen LogP contribution in [0, 0.1) is 0 Å². The highest BCUT2D eigenvalue weighted by atomic mass is 15.3. The Hall–Kier alpha value is -1.78. The van der Waals surface area contributed by atoms with E-state index >= 15 is 0 Å². The molecule has 5 nitrogen and oxygen atoms in total. The Bertz CT molecular complexity index is 454. The van der Waals surface area contributed by atoms with Crippen LogP contribution in [0.15, 0.2) is 24.7 Å². The van der Waals surface area contributed by atoms with Gasteiger partial charge in [-0.1, -0.05) is 0 Å². The number of hydrogen-bond acceptors (Lipinski definition) is 3. The predicted molar refractivity (Wildman–Crippen MR) is 63.1 cm³/mol. The van der Waals surface area contributed by atoms with Crippen LogP contribution in [0.3, 0.4) is 0 Å². The summed E-state index contributed by atoms with van der Waals surface area (Å²) in [5.41, 5.74) is 2.19. The highest BCUT2D eigenvalue weighted by Crippen LogP contribution is 2.11. The zero-order valence-electron chi connectivity index (χ0n) is 9.88. The van der Waals surface area contributed by atoms with E-state index in [4.69, 9.17) is 0 Å². The highest BCUT2D eigenvalue weighted by molar-refractivity contribution is 5.38. The van der Waals surface area contributed by atoms with Crippen molar-refractivity contribution in [3.05, 3.63) is 30.4 Å². The fraction of sp³-hybridized carbons (Fsp3) is 0.455. The molecule has 1 N–H and O–H groups in total. The second-order valence-corrected chi connectivity index (χ2v) is 4.10. The molecular formula is C11H17N5. The summed E-state index contributed by atoms with van der Waals surface area (Å²) < 4.78 is 3.80. The lowest BCUT2D eigenvalue weighted by Gasteiger charge is -2.05. The van der Waals surface area contributed by atoms with Crippen molar-refractivity contribution >= 4 is 5.69 Å². The third-order valence-electron chi connectivity index (χ3n) is 2.53. The van der Waals surface area contributed by atoms with E-state index in [1.54, 1.807) is 6.20 Å². The van der Waals surface area contributed by atoms with Crippen LogP contribution >= 0.6 is 0 Å². The Balaban J connectivity index is 1.97. The minimum atomic E-state index is 0.396. The van der Waals surface area contributed by atoms with Crippen LogP contribution in [0.2, 0.25) is 0 Å². The molecule has 0 saturated carbocycles. The summed E-state index contributed by atoms with van der Waals surface area (Å²) in [6, 6.07) is 2.40. The summed E-state index contributed by atoms with van der Waals surface area (Å²) >= 11 is 0. The number of aromatic nitrogens is 4. The van der Waals surface area contributed by atoms with Gasteiger partial charge < -0.3 is 5.32 Å². The van der Waals surface area contributed by atoms with Crippen molar-refractivity contribution in [3.8, 4) is 0 Å². The van der Waals surface area contributed by atoms with Crippen molar-refractivity contribution in [2.45, 2.75) is 26.4 Å². The Morgan fingerprint density at radius 2 is 2.19 bits per heavy atom. The quantitative estimate of drug-likeness (QED) is 0.853. The SMILES string of the molecule is CC(C)n1cc(NCc2ccnn2C)cn1. The monoisotopic (exact) mass is 219 g/mol. The zero-order chi connectivity index (χ0) is 11.5. The maximum atomic E-state index is 4.27. The molecule has 5 heteroatoms. The van der Waals surface area contributed by atoms with Crippen LogP contribution in [0.5, 0.6) is 0 Å². The topological polar surface area (TPSA) is 47.7 Å². The first-order valence-corrected chi connectivity index (χ1v) is 5.41. The van der Waals surface area contributed by atoms with Crippen LogP contribution in [-0.4, -0.2) is 19.6 Å². The van der Waals surface area contributed by atoms with Gasteiger partial charge in [0, 0.05) is 25.5 Å². The lowest BCUT2D eigenvalue weighted by molar-refractivity contribution is 0.532. The molecule has 0 atom stereocenters. The number of nitrogens with zero attached hydrogens (tertiary/aromatic N) is 4. The van der Waals surface area contributed by atoms with Gasteiger partial charge in [-0.2, -0.15) is 10.2 Å². The van der Waals surface area contributed by atoms with E-state index in [2.05, 4.69) is 29.4 Å². The summed E-state index contributed by atoms with van der Waals surface area (Å²) in [5, 5.41) is 11.7. The number of rotatable bonds is 4. The van der Waals surface area contributed by atoms with Gasteiger partial charge in [-0.3, -0.25) is 9.36 Å². The predicted octanol–water partition coefficient (Wildman–Crippen LogP) is 1.81. The van der Waals surface area contributed by atoms with E-state index in [9.17, 15) is 0 Å². The average Bonchev–Trinajstić information content (AvgIpc) is 2.83. The standard InChI is InChI=1S/C11H17N5/c1-9(2)16-8-10(6-14-16)12-7-11-4-5-13-15(11)3/h4-6,8-9,12H,7H2,1-3H3. The fourth-order valence-corrected chi connectivity index (χ4v) is 1.48. The largest absolute Gasteiger partial charge is 0.377 e. The van der Waals surface area contributed by atoms with Gasteiger partial charge in [0.2, 0.25) is 0 Å². The minimum absolute atomic E-state index is 0.396. The third-order valence-corrected chi connectivity index (χ3v) is 2.53. The zero-order valence-corrected chi connectivity index (χ0v) is 9.88. The van der Waals surface area contributed by atoms with E-state index in [1.807, 2.05) is 34.9 Å². The molecule has 0 fully saturated rings. The van der Waals surface area contributed by atoms with Gasteiger partial charge in [0.05, 0.1) is 24.1 Å². The first kappa shape index (κ1) is 10.7. The smallest absolute Gasteiger partial charge is 0.0729 e. The van der Waals surface area contributed by atoms with Crippen molar-refractivity contribution in [2.24, 2.45) is 7.05 Å². The Labute approximate surface area is 95.1 Å². The molecule has 0 saturated heterocycles. The van der Waals surface area contributed by atoms with Crippen LogP contribution < -0.4 is 5.32 Å². The second-order valence-electron chi connectivity index (χ2n) is 4.10. The molecule has 0 bridgehead atoms. The van der Waals surface area contributed by atoms with Crippen molar-refractivity contribution in [1.29, 1.82) is 0 Å². The molecule has 0 amide bonds. The first-order valence-electron chi connectivity index (χ1n) is 5.41. The summed E-state index contributed by atoms with van der Waals surface area (Å²) in [6.45, 7) is 4.98. The molecule has 0 radical (unpaired) electrons. The molecule has 0 aliphatic rings. The Kier molecular flexibility index (Phi) is 2.94. The molecule has 2 aromatic rings. The van der Waals surface area contributed by atoms with Crippen LogP contribution in [0.25, 0.3) is 0 Å². The van der Waals surface area contributed by atoms with E-state index in [0.29, 0.717) is 6.04 Å². The van der Waals surface area contributed by atoms with Crippen molar-refractivity contribution in [2.75, 3.05) is 5.32 Å². The number of hydrogen-bond donors (Lipinski definition) is 1. The maximum Gasteiger partial charge on any atom is 0.0729 e. The Morgan fingerprint density at radius 1 is 1.38 bits per heavy atom. The molecule has 0 spiro atoms. The molecule has 0 aliphatic heterocycles. The molecule has 16 heavy (non-hydrogen) atoms. The molecule has 86 valence electrons. The normalized spacial score (nSPS) is 11.0. The van der Waals surface area contributed by atoms with Gasteiger partial charge in [-0.05, 0) is 19.9 Å². The van der Waals surface area contributed by atoms with E-state index in [-0.39, 0.29) is 0 Å². The fourth-order valence-electron chi connectivity index (χ4n) is 1.48. The van der Waals surface area contributed by atoms with Gasteiger partial charge in [0.15, 0.2) is 0 Å². The number of anilines is 1. The lowest BCUT2D eigenvalue weighted by atomic mass is 10.4. The van der Waals surface area contributed by atoms with E-state index < -0.39 is 0 Å². The second kappa shape index (κ2) is 4.38. The van der Waals surface area contributed by atoms with Gasteiger partial charge in [-0.25, -0.2) is 0 Å². The van der Waals surface area contributed by atoms with E-state index in [0.717, 1.165) is 17.9 Å². The highest BCUT2D eigenvalue weighted by Gasteiger charge is 2.02. The molecule has 2 heterocycles. The summed E-state index contributed by atoms with van der Waals surface area (Å²) in [5.74, 6) is 0. The van der Waals surface area contributed by atoms with E-state index in [1.165, 1.54) is 0 Å². The van der Waals surface area contributed by atoms with Crippen molar-refractivity contribution < 1.29 is 0 Å². The number of nitrogens with one attached hydrogen (secondary N) is 1. The van der Waals surface area contributed by atoms with Crippen molar-refractivity contribution in [1.82, 2.24) is 19.6 Å². The maximum absolute atomic E-state index is 4.27. The first-order chi connectivity index (χ1) is 7.66. The molecule has 2 rings (SSSR count). The minimum Gasteiger partial charge on any atom is -0.377 e. The third kappa shape index (κ3) is 2.24. The average molecular weight is 219 g/mol. The molecule has 0 unspecified atom stereocenters. The van der Waals surface area contributed by atoms with Crippen LogP contribution in [0.1, 0.15) is 25.6 Å². The molecule has 0 aromatic carbocycles. The van der Waals surface area contributed by atoms with Crippen LogP contribution in [-0.2, 0) is 13.6 Å². The summed E-state index contributed by atoms with van der Waals surface area (Å²) in [4.78, 5) is 0. The van der Waals surface area contributed by atoms with Gasteiger partial charge in [-0.15, -0.1) is 0 Å². The van der Waals surface area contributed by atoms with Gasteiger partial charge >= 0.3 is 0 Å². The van der Waals surface area contributed by atoms with Crippen LogP contribution in [0.4, 0.5) is 5.69 Å². The lowest BCUT2D eigenvalue weighted by Crippen LogP contribution is -2.05. The van der Waals surface area contributed by atoms with Gasteiger partial charge in [0.1, 0.15) is 0 Å². The number of aryl methyl sites for hydroxylation is 1. The van der Waals surface area contributed by atoms with Gasteiger partial charge in [0.25, 0.3) is 0 Å². The Morgan fingerprint density at radius 3 is 2.75 bits per heavy atom. The summed E-state index contributed by atoms with van der Waals surface area (Å²) in [7, 11) is 1.94. The summed E-state index contributed by atoms with van der Waals surface area (Å²) in [6.07, 6.45) is 5.66.